The van der Waals surface area contributed by atoms with E-state index in [-0.39, 0.29) is 18.1 Å². The first-order chi connectivity index (χ1) is 9.32. The number of carbonyl (C=O) groups is 1. The maximum absolute atomic E-state index is 12.9. The molecule has 2 atom stereocenters. The molecule has 0 saturated carbocycles. The normalized spacial score (nSPS) is 23.8. The van der Waals surface area contributed by atoms with E-state index < -0.39 is 5.41 Å². The van der Waals surface area contributed by atoms with Gasteiger partial charge in [0.25, 0.3) is 0 Å². The Labute approximate surface area is 129 Å². The summed E-state index contributed by atoms with van der Waals surface area (Å²) < 4.78 is 6.63. The Morgan fingerprint density at radius 3 is 2.50 bits per heavy atom. The number of morpholine rings is 1. The van der Waals surface area contributed by atoms with E-state index in [4.69, 9.17) is 4.74 Å². The number of hydrogen-bond donors (Lipinski definition) is 0. The maximum Gasteiger partial charge on any atom is 0.233 e. The Morgan fingerprint density at radius 1 is 1.30 bits per heavy atom. The number of hydrogen-bond acceptors (Lipinski definition) is 2. The molecule has 0 N–H and O–H groups in total. The second-order valence-corrected chi connectivity index (χ2v) is 7.00. The summed E-state index contributed by atoms with van der Waals surface area (Å²) in [7, 11) is 0. The average molecular weight is 340 g/mol. The molecule has 20 heavy (non-hydrogen) atoms. The maximum atomic E-state index is 12.9. The average Bonchev–Trinajstić information content (AvgIpc) is 2.41. The summed E-state index contributed by atoms with van der Waals surface area (Å²) in [6, 6.07) is 8.12. The fourth-order valence-electron chi connectivity index (χ4n) is 2.54. The van der Waals surface area contributed by atoms with Gasteiger partial charge >= 0.3 is 0 Å². The highest BCUT2D eigenvalue weighted by Gasteiger charge is 2.38. The lowest BCUT2D eigenvalue weighted by Gasteiger charge is -2.41. The molecule has 1 amide bonds. The van der Waals surface area contributed by atoms with Crippen LogP contribution in [0.2, 0.25) is 0 Å². The van der Waals surface area contributed by atoms with Crippen molar-refractivity contribution in [2.24, 2.45) is 0 Å². The van der Waals surface area contributed by atoms with Crippen molar-refractivity contribution in [1.82, 2.24) is 4.90 Å². The number of amides is 1. The molecule has 1 aromatic rings. The molecule has 0 radical (unpaired) electrons. The van der Waals surface area contributed by atoms with E-state index >= 15 is 0 Å². The van der Waals surface area contributed by atoms with Crippen molar-refractivity contribution in [3.63, 3.8) is 0 Å². The predicted octanol–water partition coefficient (Wildman–Crippen LogP) is 3.36. The van der Waals surface area contributed by atoms with Crippen LogP contribution in [0.25, 0.3) is 0 Å². The molecule has 1 heterocycles. The Kier molecular flexibility index (Phi) is 4.55. The summed E-state index contributed by atoms with van der Waals surface area (Å²) in [6.45, 7) is 9.32. The van der Waals surface area contributed by atoms with E-state index in [1.165, 1.54) is 0 Å². The van der Waals surface area contributed by atoms with Crippen LogP contribution in [0, 0.1) is 0 Å². The van der Waals surface area contributed by atoms with Gasteiger partial charge in [-0.05, 0) is 45.4 Å². The van der Waals surface area contributed by atoms with Crippen molar-refractivity contribution in [3.05, 3.63) is 34.3 Å². The molecule has 1 fully saturated rings. The molecule has 0 aromatic heterocycles. The minimum absolute atomic E-state index is 0.107. The minimum atomic E-state index is -0.522. The number of ether oxygens (including phenoxy) is 1. The zero-order valence-electron chi connectivity index (χ0n) is 12.5. The molecule has 0 bridgehead atoms. The standard InChI is InChI=1S/C16H22BrNO2/c1-11-10-20-12(2)9-18(11)15(19)16(3,4)13-5-7-14(17)8-6-13/h5-8,11-12H,9-10H2,1-4H3. The molecule has 4 heteroatoms. The summed E-state index contributed by atoms with van der Waals surface area (Å²) in [5, 5.41) is 0. The molecule has 0 spiro atoms. The van der Waals surface area contributed by atoms with Crippen LogP contribution < -0.4 is 0 Å². The van der Waals surface area contributed by atoms with Gasteiger partial charge in [-0.15, -0.1) is 0 Å². The molecule has 1 aromatic carbocycles. The van der Waals surface area contributed by atoms with Crippen LogP contribution in [-0.4, -0.2) is 36.1 Å². The van der Waals surface area contributed by atoms with Gasteiger partial charge in [0, 0.05) is 11.0 Å². The number of carbonyl (C=O) groups excluding carboxylic acids is 1. The summed E-state index contributed by atoms with van der Waals surface area (Å²) in [5.74, 6) is 0.169. The first-order valence-corrected chi connectivity index (χ1v) is 7.80. The van der Waals surface area contributed by atoms with E-state index in [9.17, 15) is 4.79 Å². The topological polar surface area (TPSA) is 29.5 Å². The summed E-state index contributed by atoms with van der Waals surface area (Å²) in [5.41, 5.74) is 0.517. The van der Waals surface area contributed by atoms with Gasteiger partial charge in [0.15, 0.2) is 0 Å². The Bertz CT molecular complexity index is 484. The fraction of sp³-hybridized carbons (Fsp3) is 0.562. The van der Waals surface area contributed by atoms with Gasteiger partial charge in [-0.25, -0.2) is 0 Å². The number of benzene rings is 1. The van der Waals surface area contributed by atoms with E-state index in [1.807, 2.05) is 56.9 Å². The zero-order valence-corrected chi connectivity index (χ0v) is 14.1. The first-order valence-electron chi connectivity index (χ1n) is 7.01. The van der Waals surface area contributed by atoms with Crippen molar-refractivity contribution >= 4 is 21.8 Å². The Morgan fingerprint density at radius 2 is 1.90 bits per heavy atom. The molecule has 0 aliphatic carbocycles. The molecular formula is C16H22BrNO2. The molecule has 1 aliphatic rings. The second-order valence-electron chi connectivity index (χ2n) is 6.08. The van der Waals surface area contributed by atoms with Gasteiger partial charge in [0.1, 0.15) is 0 Å². The highest BCUT2D eigenvalue weighted by Crippen LogP contribution is 2.29. The van der Waals surface area contributed by atoms with Crippen molar-refractivity contribution in [2.45, 2.75) is 45.3 Å². The molecule has 1 saturated heterocycles. The largest absolute Gasteiger partial charge is 0.375 e. The molecule has 110 valence electrons. The molecule has 1 aliphatic heterocycles. The Hall–Kier alpha value is -0.870. The van der Waals surface area contributed by atoms with Crippen LogP contribution in [-0.2, 0) is 14.9 Å². The van der Waals surface area contributed by atoms with Gasteiger partial charge in [-0.2, -0.15) is 0 Å². The minimum Gasteiger partial charge on any atom is -0.375 e. The lowest BCUT2D eigenvalue weighted by atomic mass is 9.82. The smallest absolute Gasteiger partial charge is 0.233 e. The van der Waals surface area contributed by atoms with E-state index in [2.05, 4.69) is 15.9 Å². The number of nitrogens with zero attached hydrogens (tertiary/aromatic N) is 1. The summed E-state index contributed by atoms with van der Waals surface area (Å²) >= 11 is 3.43. The van der Waals surface area contributed by atoms with Crippen LogP contribution in [0.1, 0.15) is 33.3 Å². The van der Waals surface area contributed by atoms with Crippen LogP contribution in [0.4, 0.5) is 0 Å². The van der Waals surface area contributed by atoms with E-state index in [1.54, 1.807) is 0 Å². The Balaban J connectivity index is 2.23. The van der Waals surface area contributed by atoms with Crippen LogP contribution in [0.15, 0.2) is 28.7 Å². The predicted molar refractivity (Wildman–Crippen MR) is 83.8 cm³/mol. The summed E-state index contributed by atoms with van der Waals surface area (Å²) in [4.78, 5) is 14.9. The monoisotopic (exact) mass is 339 g/mol. The van der Waals surface area contributed by atoms with Crippen molar-refractivity contribution < 1.29 is 9.53 Å². The molecule has 3 nitrogen and oxygen atoms in total. The first kappa shape index (κ1) is 15.5. The molecule has 2 unspecified atom stereocenters. The van der Waals surface area contributed by atoms with E-state index in [0.717, 1.165) is 10.0 Å². The zero-order chi connectivity index (χ0) is 14.9. The third-order valence-electron chi connectivity index (χ3n) is 3.97. The lowest BCUT2D eigenvalue weighted by Crippen LogP contribution is -2.55. The van der Waals surface area contributed by atoms with Gasteiger partial charge < -0.3 is 9.64 Å². The van der Waals surface area contributed by atoms with Crippen LogP contribution in [0.3, 0.4) is 0 Å². The summed E-state index contributed by atoms with van der Waals surface area (Å²) in [6.07, 6.45) is 0.107. The SMILES string of the molecule is CC1CN(C(=O)C(C)(C)c2ccc(Br)cc2)C(C)CO1. The number of rotatable bonds is 2. The van der Waals surface area contributed by atoms with Gasteiger partial charge in [0.2, 0.25) is 5.91 Å². The van der Waals surface area contributed by atoms with E-state index in [0.29, 0.717) is 13.2 Å². The molecular weight excluding hydrogens is 318 g/mol. The lowest BCUT2D eigenvalue weighted by molar-refractivity contribution is -0.148. The van der Waals surface area contributed by atoms with Crippen molar-refractivity contribution in [3.8, 4) is 0 Å². The quantitative estimate of drug-likeness (QED) is 0.826. The van der Waals surface area contributed by atoms with Gasteiger partial charge in [-0.3, -0.25) is 4.79 Å². The molecule has 2 rings (SSSR count). The van der Waals surface area contributed by atoms with Crippen LogP contribution >= 0.6 is 15.9 Å². The highest BCUT2D eigenvalue weighted by molar-refractivity contribution is 9.10. The highest BCUT2D eigenvalue weighted by atomic mass is 79.9. The van der Waals surface area contributed by atoms with Crippen molar-refractivity contribution in [2.75, 3.05) is 13.2 Å². The fourth-order valence-corrected chi connectivity index (χ4v) is 2.80. The third-order valence-corrected chi connectivity index (χ3v) is 4.50. The number of halogens is 1. The van der Waals surface area contributed by atoms with Crippen LogP contribution in [0.5, 0.6) is 0 Å². The third kappa shape index (κ3) is 3.07. The van der Waals surface area contributed by atoms with Gasteiger partial charge in [-0.1, -0.05) is 28.1 Å². The van der Waals surface area contributed by atoms with Crippen molar-refractivity contribution in [1.29, 1.82) is 0 Å². The van der Waals surface area contributed by atoms with Gasteiger partial charge in [0.05, 0.1) is 24.2 Å². The second kappa shape index (κ2) is 5.86.